The smallest absolute Gasteiger partial charge is 0.234 e. The lowest BCUT2D eigenvalue weighted by Gasteiger charge is -2.15. The van der Waals surface area contributed by atoms with Gasteiger partial charge in [0.2, 0.25) is 5.91 Å². The highest BCUT2D eigenvalue weighted by Crippen LogP contribution is 2.14. The molecule has 1 aliphatic heterocycles. The van der Waals surface area contributed by atoms with E-state index in [-0.39, 0.29) is 18.3 Å². The van der Waals surface area contributed by atoms with Crippen molar-refractivity contribution in [2.45, 2.75) is 6.42 Å². The van der Waals surface area contributed by atoms with Gasteiger partial charge in [-0.25, -0.2) is 4.39 Å². The molecular formula is C15H21FN2O3. The van der Waals surface area contributed by atoms with E-state index in [0.29, 0.717) is 31.4 Å². The molecule has 0 saturated carbocycles. The summed E-state index contributed by atoms with van der Waals surface area (Å²) in [7, 11) is 0. The number of carbonyl (C=O) groups excluding carboxylic acids is 1. The number of likely N-dealkylation sites (tertiary alicyclic amines) is 1. The van der Waals surface area contributed by atoms with Gasteiger partial charge in [0.1, 0.15) is 18.2 Å². The van der Waals surface area contributed by atoms with E-state index < -0.39 is 0 Å². The standard InChI is InChI=1S/C15H21FN2O3/c16-13-1-3-14(4-2-13)21-8-6-17-15(20)10-18-7-5-12(9-18)11-19/h1-4,12,19H,5-11H2,(H,17,20). The summed E-state index contributed by atoms with van der Waals surface area (Å²) in [6.07, 6.45) is 0.942. The van der Waals surface area contributed by atoms with Crippen LogP contribution in [0, 0.1) is 11.7 Å². The van der Waals surface area contributed by atoms with Gasteiger partial charge >= 0.3 is 0 Å². The van der Waals surface area contributed by atoms with Gasteiger partial charge in [0.05, 0.1) is 13.1 Å². The van der Waals surface area contributed by atoms with Crippen molar-refractivity contribution < 1.29 is 19.0 Å². The Morgan fingerprint density at radius 1 is 1.43 bits per heavy atom. The van der Waals surface area contributed by atoms with Crippen LogP contribution in [0.2, 0.25) is 0 Å². The highest BCUT2D eigenvalue weighted by molar-refractivity contribution is 5.78. The fraction of sp³-hybridized carbons (Fsp3) is 0.533. The van der Waals surface area contributed by atoms with Crippen LogP contribution in [0.3, 0.4) is 0 Å². The van der Waals surface area contributed by atoms with Crippen molar-refractivity contribution in [3.05, 3.63) is 30.1 Å². The number of hydrogen-bond donors (Lipinski definition) is 2. The minimum atomic E-state index is -0.303. The molecule has 0 bridgehead atoms. The van der Waals surface area contributed by atoms with Gasteiger partial charge in [0, 0.05) is 13.2 Å². The third kappa shape index (κ3) is 5.32. The van der Waals surface area contributed by atoms with Gasteiger partial charge < -0.3 is 15.2 Å². The largest absolute Gasteiger partial charge is 0.492 e. The number of ether oxygens (including phenoxy) is 1. The molecule has 1 aromatic carbocycles. The van der Waals surface area contributed by atoms with Crippen LogP contribution in [0.5, 0.6) is 5.75 Å². The molecular weight excluding hydrogens is 275 g/mol. The molecule has 116 valence electrons. The van der Waals surface area contributed by atoms with E-state index in [2.05, 4.69) is 5.32 Å². The van der Waals surface area contributed by atoms with E-state index in [0.717, 1.165) is 19.5 Å². The van der Waals surface area contributed by atoms with E-state index in [1.165, 1.54) is 12.1 Å². The number of nitrogens with one attached hydrogen (secondary N) is 1. The van der Waals surface area contributed by atoms with Crippen molar-refractivity contribution in [1.29, 1.82) is 0 Å². The van der Waals surface area contributed by atoms with Gasteiger partial charge in [-0.1, -0.05) is 0 Å². The number of aliphatic hydroxyl groups excluding tert-OH is 1. The summed E-state index contributed by atoms with van der Waals surface area (Å²) in [6, 6.07) is 5.77. The molecule has 21 heavy (non-hydrogen) atoms. The first kappa shape index (κ1) is 15.7. The molecule has 1 unspecified atom stereocenters. The zero-order chi connectivity index (χ0) is 15.1. The van der Waals surface area contributed by atoms with Gasteiger partial charge in [-0.15, -0.1) is 0 Å². The molecule has 1 heterocycles. The Morgan fingerprint density at radius 2 is 2.19 bits per heavy atom. The molecule has 1 saturated heterocycles. The average molecular weight is 296 g/mol. The topological polar surface area (TPSA) is 61.8 Å². The Morgan fingerprint density at radius 3 is 2.86 bits per heavy atom. The molecule has 0 spiro atoms. The van der Waals surface area contributed by atoms with Crippen LogP contribution in [0.25, 0.3) is 0 Å². The van der Waals surface area contributed by atoms with Crippen LogP contribution in [-0.2, 0) is 4.79 Å². The van der Waals surface area contributed by atoms with Gasteiger partial charge in [-0.05, 0) is 43.1 Å². The normalized spacial score (nSPS) is 18.7. The van der Waals surface area contributed by atoms with Gasteiger partial charge in [-0.2, -0.15) is 0 Å². The van der Waals surface area contributed by atoms with Crippen LogP contribution >= 0.6 is 0 Å². The average Bonchev–Trinajstić information content (AvgIpc) is 2.93. The highest BCUT2D eigenvalue weighted by atomic mass is 19.1. The summed E-state index contributed by atoms with van der Waals surface area (Å²) in [5.74, 6) is 0.523. The molecule has 1 fully saturated rings. The summed E-state index contributed by atoms with van der Waals surface area (Å²) < 4.78 is 18.1. The monoisotopic (exact) mass is 296 g/mol. The van der Waals surface area contributed by atoms with Crippen LogP contribution in [0.15, 0.2) is 24.3 Å². The van der Waals surface area contributed by atoms with Gasteiger partial charge in [0.25, 0.3) is 0 Å². The number of rotatable bonds is 7. The first-order valence-electron chi connectivity index (χ1n) is 7.15. The summed E-state index contributed by atoms with van der Waals surface area (Å²) in [5.41, 5.74) is 0. The van der Waals surface area contributed by atoms with E-state index in [4.69, 9.17) is 9.84 Å². The zero-order valence-electron chi connectivity index (χ0n) is 11.9. The highest BCUT2D eigenvalue weighted by Gasteiger charge is 2.22. The molecule has 0 aliphatic carbocycles. The molecule has 1 amide bonds. The van der Waals surface area contributed by atoms with Crippen molar-refractivity contribution in [2.75, 3.05) is 39.4 Å². The second-order valence-electron chi connectivity index (χ2n) is 5.22. The third-order valence-corrected chi connectivity index (χ3v) is 3.50. The van der Waals surface area contributed by atoms with Gasteiger partial charge in [-0.3, -0.25) is 9.69 Å². The van der Waals surface area contributed by atoms with Crippen molar-refractivity contribution in [3.63, 3.8) is 0 Å². The molecule has 1 aromatic rings. The number of halogens is 1. The summed E-state index contributed by atoms with van der Waals surface area (Å²) in [6.45, 7) is 2.92. The van der Waals surface area contributed by atoms with Crippen molar-refractivity contribution in [3.8, 4) is 5.75 Å². The number of nitrogens with zero attached hydrogens (tertiary/aromatic N) is 1. The maximum absolute atomic E-state index is 12.7. The lowest BCUT2D eigenvalue weighted by molar-refractivity contribution is -0.122. The first-order chi connectivity index (χ1) is 10.2. The number of hydrogen-bond acceptors (Lipinski definition) is 4. The summed E-state index contributed by atoms with van der Waals surface area (Å²) >= 11 is 0. The number of aliphatic hydroxyl groups is 1. The van der Waals surface area contributed by atoms with E-state index in [9.17, 15) is 9.18 Å². The predicted octanol–water partition coefficient (Wildman–Crippen LogP) is 0.635. The Balaban J connectivity index is 1.58. The van der Waals surface area contributed by atoms with Crippen molar-refractivity contribution >= 4 is 5.91 Å². The molecule has 2 N–H and O–H groups in total. The predicted molar refractivity (Wildman–Crippen MR) is 76.5 cm³/mol. The Labute approximate surface area is 123 Å². The molecule has 0 radical (unpaired) electrons. The lowest BCUT2D eigenvalue weighted by Crippen LogP contribution is -2.37. The zero-order valence-corrected chi connectivity index (χ0v) is 11.9. The summed E-state index contributed by atoms with van der Waals surface area (Å²) in [4.78, 5) is 13.8. The van der Waals surface area contributed by atoms with Crippen LogP contribution in [-0.4, -0.2) is 55.3 Å². The maximum atomic E-state index is 12.7. The molecule has 0 aromatic heterocycles. The van der Waals surface area contributed by atoms with Crippen molar-refractivity contribution in [1.82, 2.24) is 10.2 Å². The first-order valence-corrected chi connectivity index (χ1v) is 7.15. The fourth-order valence-corrected chi connectivity index (χ4v) is 2.35. The van der Waals surface area contributed by atoms with E-state index >= 15 is 0 Å². The number of amides is 1. The minimum absolute atomic E-state index is 0.0451. The van der Waals surface area contributed by atoms with Crippen LogP contribution < -0.4 is 10.1 Å². The Hall–Kier alpha value is -1.66. The van der Waals surface area contributed by atoms with E-state index in [1.807, 2.05) is 4.90 Å². The second kappa shape index (κ2) is 7.95. The summed E-state index contributed by atoms with van der Waals surface area (Å²) in [5, 5.41) is 11.8. The van der Waals surface area contributed by atoms with Crippen molar-refractivity contribution in [2.24, 2.45) is 5.92 Å². The van der Waals surface area contributed by atoms with Gasteiger partial charge in [0.15, 0.2) is 0 Å². The number of benzene rings is 1. The van der Waals surface area contributed by atoms with Crippen LogP contribution in [0.1, 0.15) is 6.42 Å². The SMILES string of the molecule is O=C(CN1CCC(CO)C1)NCCOc1ccc(F)cc1. The minimum Gasteiger partial charge on any atom is -0.492 e. The molecule has 2 rings (SSSR count). The fourth-order valence-electron chi connectivity index (χ4n) is 2.35. The Bertz CT molecular complexity index is 453. The Kier molecular flexibility index (Phi) is 5.95. The number of carbonyl (C=O) groups is 1. The van der Waals surface area contributed by atoms with E-state index in [1.54, 1.807) is 12.1 Å². The molecule has 1 aliphatic rings. The maximum Gasteiger partial charge on any atom is 0.234 e. The second-order valence-corrected chi connectivity index (χ2v) is 5.22. The molecule has 6 heteroatoms. The quantitative estimate of drug-likeness (QED) is 0.725. The third-order valence-electron chi connectivity index (χ3n) is 3.50. The van der Waals surface area contributed by atoms with Crippen LogP contribution in [0.4, 0.5) is 4.39 Å². The lowest BCUT2D eigenvalue weighted by atomic mass is 10.1. The molecule has 5 nitrogen and oxygen atoms in total. The molecule has 1 atom stereocenters.